The SMILES string of the molecule is Cc1cc(Br)c2c(c1Br)[C@H](N)CC2(C)C. The molecule has 0 amide bonds. The van der Waals surface area contributed by atoms with Gasteiger partial charge in [-0.2, -0.15) is 0 Å². The Balaban J connectivity index is 2.78. The maximum absolute atomic E-state index is 6.21. The smallest absolute Gasteiger partial charge is 0.0317 e. The van der Waals surface area contributed by atoms with Crippen LogP contribution in [-0.4, -0.2) is 0 Å². The van der Waals surface area contributed by atoms with Gasteiger partial charge in [0.15, 0.2) is 0 Å². The van der Waals surface area contributed by atoms with Gasteiger partial charge in [0.25, 0.3) is 0 Å². The highest BCUT2D eigenvalue weighted by Gasteiger charge is 2.38. The highest BCUT2D eigenvalue weighted by molar-refractivity contribution is 9.11. The van der Waals surface area contributed by atoms with Crippen molar-refractivity contribution in [2.45, 2.75) is 38.6 Å². The molecule has 2 rings (SSSR count). The van der Waals surface area contributed by atoms with E-state index in [9.17, 15) is 0 Å². The Morgan fingerprint density at radius 3 is 2.60 bits per heavy atom. The monoisotopic (exact) mass is 331 g/mol. The summed E-state index contributed by atoms with van der Waals surface area (Å²) < 4.78 is 2.37. The largest absolute Gasteiger partial charge is 0.324 e. The first-order valence-electron chi connectivity index (χ1n) is 5.09. The van der Waals surface area contributed by atoms with Gasteiger partial charge in [-0.05, 0) is 41.5 Å². The van der Waals surface area contributed by atoms with Gasteiger partial charge in [-0.15, -0.1) is 0 Å². The molecule has 15 heavy (non-hydrogen) atoms. The van der Waals surface area contributed by atoms with Gasteiger partial charge in [0, 0.05) is 15.0 Å². The predicted octanol–water partition coefficient (Wildman–Crippen LogP) is 4.20. The molecule has 1 aromatic carbocycles. The molecular formula is C12H15Br2N. The average molecular weight is 333 g/mol. The van der Waals surface area contributed by atoms with E-state index in [-0.39, 0.29) is 11.5 Å². The van der Waals surface area contributed by atoms with Crippen molar-refractivity contribution in [1.82, 2.24) is 0 Å². The summed E-state index contributed by atoms with van der Waals surface area (Å²) in [5.41, 5.74) is 10.3. The molecular weight excluding hydrogens is 318 g/mol. The van der Waals surface area contributed by atoms with E-state index in [0.29, 0.717) is 0 Å². The Labute approximate surface area is 108 Å². The third kappa shape index (κ3) is 1.69. The van der Waals surface area contributed by atoms with Crippen molar-refractivity contribution in [3.05, 3.63) is 31.7 Å². The van der Waals surface area contributed by atoms with Gasteiger partial charge in [-0.3, -0.25) is 0 Å². The highest BCUT2D eigenvalue weighted by atomic mass is 79.9. The van der Waals surface area contributed by atoms with Crippen LogP contribution >= 0.6 is 31.9 Å². The fraction of sp³-hybridized carbons (Fsp3) is 0.500. The first kappa shape index (κ1) is 11.6. The molecule has 0 unspecified atom stereocenters. The predicted molar refractivity (Wildman–Crippen MR) is 71.2 cm³/mol. The molecule has 0 bridgehead atoms. The summed E-state index contributed by atoms with van der Waals surface area (Å²) >= 11 is 7.32. The second kappa shape index (κ2) is 3.57. The van der Waals surface area contributed by atoms with Gasteiger partial charge in [-0.1, -0.05) is 45.7 Å². The van der Waals surface area contributed by atoms with Crippen LogP contribution in [0.2, 0.25) is 0 Å². The van der Waals surface area contributed by atoms with E-state index in [0.717, 1.165) is 6.42 Å². The highest BCUT2D eigenvalue weighted by Crippen LogP contribution is 2.50. The molecule has 1 aliphatic rings. The van der Waals surface area contributed by atoms with Crippen LogP contribution < -0.4 is 5.73 Å². The molecule has 82 valence electrons. The molecule has 0 aromatic heterocycles. The van der Waals surface area contributed by atoms with E-state index in [4.69, 9.17) is 5.73 Å². The summed E-state index contributed by atoms with van der Waals surface area (Å²) in [6.45, 7) is 6.61. The first-order chi connectivity index (χ1) is 6.84. The fourth-order valence-electron chi connectivity index (χ4n) is 2.57. The topological polar surface area (TPSA) is 26.0 Å². The Bertz CT molecular complexity index is 424. The van der Waals surface area contributed by atoms with E-state index in [1.807, 2.05) is 0 Å². The second-order valence-electron chi connectivity index (χ2n) is 4.97. The Morgan fingerprint density at radius 2 is 2.00 bits per heavy atom. The zero-order valence-corrected chi connectivity index (χ0v) is 12.4. The number of aryl methyl sites for hydroxylation is 1. The van der Waals surface area contributed by atoms with Crippen LogP contribution in [0.4, 0.5) is 0 Å². The summed E-state index contributed by atoms with van der Waals surface area (Å²) in [6, 6.07) is 2.32. The zero-order valence-electron chi connectivity index (χ0n) is 9.20. The minimum absolute atomic E-state index is 0.153. The number of benzene rings is 1. The Kier molecular flexibility index (Phi) is 2.77. The molecule has 0 saturated carbocycles. The number of fused-ring (bicyclic) bond motifs is 1. The normalized spacial score (nSPS) is 22.9. The quantitative estimate of drug-likeness (QED) is 0.757. The molecule has 0 saturated heterocycles. The van der Waals surface area contributed by atoms with E-state index < -0.39 is 0 Å². The van der Waals surface area contributed by atoms with E-state index >= 15 is 0 Å². The summed E-state index contributed by atoms with van der Waals surface area (Å²) in [4.78, 5) is 0. The number of rotatable bonds is 0. The molecule has 2 N–H and O–H groups in total. The molecule has 0 heterocycles. The molecule has 0 aliphatic heterocycles. The third-order valence-electron chi connectivity index (χ3n) is 3.21. The molecule has 1 aliphatic carbocycles. The number of halogens is 2. The van der Waals surface area contributed by atoms with E-state index in [1.54, 1.807) is 0 Å². The van der Waals surface area contributed by atoms with Crippen molar-refractivity contribution < 1.29 is 0 Å². The van der Waals surface area contributed by atoms with Crippen molar-refractivity contribution in [1.29, 1.82) is 0 Å². The van der Waals surface area contributed by atoms with Crippen LogP contribution in [0.15, 0.2) is 15.0 Å². The van der Waals surface area contributed by atoms with Crippen LogP contribution in [0.3, 0.4) is 0 Å². The molecule has 3 heteroatoms. The molecule has 1 atom stereocenters. The van der Waals surface area contributed by atoms with Gasteiger partial charge < -0.3 is 5.73 Å². The number of hydrogen-bond acceptors (Lipinski definition) is 1. The van der Waals surface area contributed by atoms with Crippen molar-refractivity contribution in [3.63, 3.8) is 0 Å². The third-order valence-corrected chi connectivity index (χ3v) is 4.89. The van der Waals surface area contributed by atoms with Gasteiger partial charge in [0.1, 0.15) is 0 Å². The lowest BCUT2D eigenvalue weighted by atomic mass is 9.86. The maximum atomic E-state index is 6.21. The number of hydrogen-bond donors (Lipinski definition) is 1. The summed E-state index contributed by atoms with van der Waals surface area (Å²) in [5, 5.41) is 0. The van der Waals surface area contributed by atoms with E-state index in [2.05, 4.69) is 58.7 Å². The van der Waals surface area contributed by atoms with Crippen molar-refractivity contribution in [2.75, 3.05) is 0 Å². The fourth-order valence-corrected chi connectivity index (χ4v) is 4.27. The molecule has 0 spiro atoms. The van der Waals surface area contributed by atoms with Crippen LogP contribution in [-0.2, 0) is 5.41 Å². The minimum Gasteiger partial charge on any atom is -0.324 e. The van der Waals surface area contributed by atoms with Crippen molar-refractivity contribution in [3.8, 4) is 0 Å². The minimum atomic E-state index is 0.153. The lowest BCUT2D eigenvalue weighted by molar-refractivity contribution is 0.480. The first-order valence-corrected chi connectivity index (χ1v) is 6.68. The maximum Gasteiger partial charge on any atom is 0.0317 e. The van der Waals surface area contributed by atoms with Crippen LogP contribution in [0.25, 0.3) is 0 Å². The van der Waals surface area contributed by atoms with Gasteiger partial charge in [0.2, 0.25) is 0 Å². The second-order valence-corrected chi connectivity index (χ2v) is 6.62. The zero-order chi connectivity index (χ0) is 11.4. The summed E-state index contributed by atoms with van der Waals surface area (Å²) in [5.74, 6) is 0. The van der Waals surface area contributed by atoms with Crippen LogP contribution in [0.5, 0.6) is 0 Å². The molecule has 1 nitrogen and oxygen atoms in total. The number of nitrogens with two attached hydrogens (primary N) is 1. The van der Waals surface area contributed by atoms with E-state index in [1.165, 1.54) is 25.6 Å². The molecule has 1 aromatic rings. The lowest BCUT2D eigenvalue weighted by Crippen LogP contribution is -2.14. The van der Waals surface area contributed by atoms with Crippen LogP contribution in [0, 0.1) is 6.92 Å². The summed E-state index contributed by atoms with van der Waals surface area (Å²) in [7, 11) is 0. The summed E-state index contributed by atoms with van der Waals surface area (Å²) in [6.07, 6.45) is 1.02. The van der Waals surface area contributed by atoms with Crippen molar-refractivity contribution in [2.24, 2.45) is 5.73 Å². The van der Waals surface area contributed by atoms with Crippen molar-refractivity contribution >= 4 is 31.9 Å². The molecule has 0 fully saturated rings. The lowest BCUT2D eigenvalue weighted by Gasteiger charge is -2.21. The van der Waals surface area contributed by atoms with Crippen LogP contribution in [0.1, 0.15) is 43.0 Å². The Morgan fingerprint density at radius 1 is 1.40 bits per heavy atom. The van der Waals surface area contributed by atoms with Gasteiger partial charge in [0.05, 0.1) is 0 Å². The van der Waals surface area contributed by atoms with Gasteiger partial charge >= 0.3 is 0 Å². The molecule has 0 radical (unpaired) electrons. The van der Waals surface area contributed by atoms with Gasteiger partial charge in [-0.25, -0.2) is 0 Å². The average Bonchev–Trinajstić information content (AvgIpc) is 2.32. The standard InChI is InChI=1S/C12H15Br2N/c1-6-4-7(13)10-9(11(6)14)8(15)5-12(10,2)3/h4,8H,5,15H2,1-3H3/t8-/m1/s1. The Hall–Kier alpha value is 0.140.